The van der Waals surface area contributed by atoms with Crippen LogP contribution in [-0.2, 0) is 80.5 Å². The van der Waals surface area contributed by atoms with Crippen molar-refractivity contribution < 1.29 is 269 Å². The third-order valence-electron chi connectivity index (χ3n) is 20.2. The molecule has 54 heteroatoms. The topological polar surface area (TPSA) is 905 Å². The van der Waals surface area contributed by atoms with Crippen LogP contribution in [0, 0.1) is 0 Å². The van der Waals surface area contributed by atoms with Crippen LogP contribution in [0.1, 0.15) is 0 Å². The van der Waals surface area contributed by atoms with Crippen molar-refractivity contribution in [2.75, 3.05) is 112 Å². The summed E-state index contributed by atoms with van der Waals surface area (Å²) in [5.74, 6) is -56.8. The summed E-state index contributed by atoms with van der Waals surface area (Å²) in [5, 5.41) is 406. The fourth-order valence-electron chi connectivity index (χ4n) is 13.3. The average Bonchev–Trinajstić information content (AvgIpc) is 1.57. The van der Waals surface area contributed by atoms with E-state index in [1.165, 1.54) is 0 Å². The minimum atomic E-state index is -3.79. The van der Waals surface area contributed by atoms with E-state index in [0.717, 1.165) is 0 Å². The van der Waals surface area contributed by atoms with E-state index in [0.29, 0.717) is 0 Å². The lowest BCUT2D eigenvalue weighted by molar-refractivity contribution is -0.427. The molecule has 9 saturated heterocycles. The normalized spacial score (nSPS) is 55.2. The molecular weight excluding hydrogens is 1510 g/mol. The summed E-state index contributed by atoms with van der Waals surface area (Å²) < 4.78 is 93.3. The van der Waals surface area contributed by atoms with E-state index in [1.54, 1.807) is 0 Å². The van der Waals surface area contributed by atoms with E-state index in [-0.39, 0.29) is 0 Å². The van der Waals surface area contributed by atoms with Crippen molar-refractivity contribution in [1.82, 2.24) is 0 Å². The summed E-state index contributed by atoms with van der Waals surface area (Å²) in [6.45, 7) is -30.4. The Hall–Kier alpha value is -2.16. The van der Waals surface area contributed by atoms with Gasteiger partial charge in [0, 0.05) is 0 Å². The number of rotatable bonds is 33. The first-order valence-electron chi connectivity index (χ1n) is 32.2. The van der Waals surface area contributed by atoms with Gasteiger partial charge in [0.05, 0.1) is 59.5 Å². The molecule has 108 heavy (non-hydrogen) atoms. The summed E-state index contributed by atoms with van der Waals surface area (Å²) in [6.07, 6.45) is -57.0. The number of hydrogen-bond acceptors (Lipinski definition) is 54. The first-order valence-corrected chi connectivity index (χ1v) is 32.2. The van der Waals surface area contributed by atoms with Gasteiger partial charge in [0.25, 0.3) is 0 Å². The first-order chi connectivity index (χ1) is 49.9. The summed E-state index contributed by atoms with van der Waals surface area (Å²) in [4.78, 5) is 0. The van der Waals surface area contributed by atoms with E-state index in [2.05, 4.69) is 0 Å². The Morgan fingerprint density at radius 1 is 0.204 bits per heavy atom. The van der Waals surface area contributed by atoms with Crippen LogP contribution in [0.15, 0.2) is 0 Å². The van der Waals surface area contributed by atoms with Crippen LogP contribution < -0.4 is 0 Å². The maximum absolute atomic E-state index is 12.0. The molecule has 0 radical (unpaired) electrons. The highest BCUT2D eigenvalue weighted by molar-refractivity contribution is 5.12. The summed E-state index contributed by atoms with van der Waals surface area (Å²) in [5.41, 5.74) is 0. The predicted molar refractivity (Wildman–Crippen MR) is 307 cm³/mol. The van der Waals surface area contributed by atoms with Crippen LogP contribution in [0.5, 0.6) is 0 Å². The number of ether oxygens (including phenoxy) is 17. The smallest absolute Gasteiger partial charge is 0.224 e. The molecule has 9 heterocycles. The number of hydrogen-bond donors (Lipinski definition) is 37. The van der Waals surface area contributed by atoms with Gasteiger partial charge in [-0.25, -0.2) is 0 Å². The minimum Gasteiger partial charge on any atom is -0.394 e. The Morgan fingerprint density at radius 2 is 0.389 bits per heavy atom. The molecular formula is C54H92O54. The fourth-order valence-corrected chi connectivity index (χ4v) is 13.3. The van der Waals surface area contributed by atoms with Crippen molar-refractivity contribution in [1.29, 1.82) is 0 Å². The van der Waals surface area contributed by atoms with Gasteiger partial charge >= 0.3 is 0 Å². The Labute approximate surface area is 601 Å². The second-order valence-corrected chi connectivity index (χ2v) is 27.5. The van der Waals surface area contributed by atoms with Crippen LogP contribution in [-0.4, -0.2) is 522 Å². The van der Waals surface area contributed by atoms with Crippen molar-refractivity contribution in [2.45, 2.75) is 221 Å². The van der Waals surface area contributed by atoms with Gasteiger partial charge in [0.15, 0.2) is 6.29 Å². The lowest BCUT2D eigenvalue weighted by Crippen LogP contribution is -2.62. The van der Waals surface area contributed by atoms with Gasteiger partial charge in [-0.05, 0) is 0 Å². The molecule has 0 spiro atoms. The van der Waals surface area contributed by atoms with Gasteiger partial charge in [-0.1, -0.05) is 0 Å². The number of aliphatic hydroxyl groups is 37. The van der Waals surface area contributed by atoms with E-state index in [4.69, 9.17) is 80.5 Å². The maximum Gasteiger partial charge on any atom is 0.224 e. The molecule has 0 amide bonds. The number of aliphatic hydroxyl groups excluding tert-OH is 28. The predicted octanol–water partition coefficient (Wildman–Crippen LogP) is -26.1. The molecule has 9 rings (SSSR count). The molecule has 9 aliphatic heterocycles. The van der Waals surface area contributed by atoms with Gasteiger partial charge in [-0.15, -0.1) is 0 Å². The largest absolute Gasteiger partial charge is 0.394 e. The van der Waals surface area contributed by atoms with Gasteiger partial charge in [-0.3, -0.25) is 0 Å². The molecule has 0 aromatic rings. The van der Waals surface area contributed by atoms with Crippen molar-refractivity contribution in [3.8, 4) is 0 Å². The van der Waals surface area contributed by atoms with Crippen molar-refractivity contribution in [3.05, 3.63) is 0 Å². The second kappa shape index (κ2) is 31.0. The zero-order chi connectivity index (χ0) is 81.2. The fraction of sp³-hybridized carbons (Fsp3) is 1.00. The highest BCUT2D eigenvalue weighted by atomic mass is 16.9. The molecule has 0 bridgehead atoms. The highest BCUT2D eigenvalue weighted by Gasteiger charge is 2.75. The van der Waals surface area contributed by atoms with E-state index >= 15 is 0 Å². The van der Waals surface area contributed by atoms with Gasteiger partial charge < -0.3 is 269 Å². The molecule has 0 aromatic heterocycles. The van der Waals surface area contributed by atoms with Crippen LogP contribution in [0.4, 0.5) is 0 Å². The van der Waals surface area contributed by atoms with Gasteiger partial charge in [0.1, 0.15) is 175 Å². The minimum absolute atomic E-state index is 1.07. The SMILES string of the molecule is OC[C@H]1O[C@H](OC[C@@]2(OC[C@@]3(OC[C@@]4(OC[C@@]5(OC[C@@]6(OC[C@@]7(OC[C@@]8(OC[C@@]9(O)O[C@](O)(CO)[C@@H](O)[C@@H]9O)O[C@](O)(CO)[C@@H](O)[C@@H]8O)O[C@](O)(CO)[C@@H](O)[C@@H]7O)O[C@](O)(CO)[C@@H](O)[C@@H]6O)O[C@](O)(CO)[C@@H](O)[C@@H]5O)O[C@](O)(CO)[C@@H](O)[C@@H]4O)O[C@](O)(CO)[C@@H](O)[C@@H]3O)O[C@](O)(CO)[C@@H](O)[C@@H]2O)[C@H](O)[C@@H](O)[C@@H]1O. The molecule has 0 saturated carbocycles. The molecule has 9 aliphatic rings. The van der Waals surface area contributed by atoms with E-state index < -0.39 is 333 Å². The average molecular weight is 1610 g/mol. The molecule has 632 valence electrons. The summed E-state index contributed by atoms with van der Waals surface area (Å²) in [7, 11) is 0. The molecule has 54 nitrogen and oxygen atoms in total. The van der Waals surface area contributed by atoms with Gasteiger partial charge in [0.2, 0.25) is 92.6 Å². The Balaban J connectivity index is 1.08. The molecule has 0 unspecified atom stereocenters. The van der Waals surface area contributed by atoms with E-state index in [9.17, 15) is 189 Å². The summed E-state index contributed by atoms with van der Waals surface area (Å²) >= 11 is 0. The van der Waals surface area contributed by atoms with Crippen LogP contribution >= 0.6 is 0 Å². The molecule has 9 fully saturated rings. The van der Waals surface area contributed by atoms with Gasteiger partial charge in [-0.2, -0.15) is 0 Å². The third-order valence-corrected chi connectivity index (χ3v) is 20.2. The molecule has 0 aliphatic carbocycles. The third kappa shape index (κ3) is 14.5. The molecule has 0 aromatic carbocycles. The Kier molecular flexibility index (Phi) is 25.8. The zero-order valence-corrected chi connectivity index (χ0v) is 55.6. The van der Waals surface area contributed by atoms with Crippen molar-refractivity contribution in [3.63, 3.8) is 0 Å². The van der Waals surface area contributed by atoms with Crippen LogP contribution in [0.2, 0.25) is 0 Å². The van der Waals surface area contributed by atoms with Crippen LogP contribution in [0.3, 0.4) is 0 Å². The zero-order valence-electron chi connectivity index (χ0n) is 55.6. The Bertz CT molecular complexity index is 3040. The second-order valence-electron chi connectivity index (χ2n) is 27.5. The van der Waals surface area contributed by atoms with E-state index in [1.807, 2.05) is 0 Å². The Morgan fingerprint density at radius 3 is 0.583 bits per heavy atom. The first kappa shape index (κ1) is 89.8. The quantitative estimate of drug-likeness (QED) is 0.0290. The maximum atomic E-state index is 12.0. The monoisotopic (exact) mass is 1600 g/mol. The lowest BCUT2D eigenvalue weighted by Gasteiger charge is -2.43. The standard InChI is InChI=1S/C54H92O54/c55-1-18-19(64)20(65)21(66)38(100-18)92-11-48(31(76)24(69)40(84,3-57)102-48)94-13-50(33(78)26(71)42(86,5-59)104-50)96-15-52(35(80)28(73)44(88,7-61)106-52)98-17-54(37(82)30(75)46(90,9-63)108-54)99-16-53(36(81)29(74)45(89,8-62)107-53)97-14-51(34(79)27(72)43(87,6-60)105-51)95-12-49(32(77)25(70)41(85,4-58)103-49)93-10-47(91)23(68)22(67)39(83,2-56)101-47/h18-38,55-91H,1-17H2/t18-,19-,20+,21-,22+,23+,24+,25+,26+,27+,28+,29+,30+,31+,32+,33+,34+,35+,36+,37+,38+,39-,40-,41-,42-,43-,44-,45-,46-,47-,48-,49-,50-,51-,52-,53-,54-/m1/s1. The highest BCUT2D eigenvalue weighted by Crippen LogP contribution is 2.51. The lowest BCUT2D eigenvalue weighted by atomic mass is 9.99. The molecule has 37 atom stereocenters. The van der Waals surface area contributed by atoms with Crippen molar-refractivity contribution >= 4 is 0 Å². The van der Waals surface area contributed by atoms with Crippen molar-refractivity contribution in [2.24, 2.45) is 0 Å². The van der Waals surface area contributed by atoms with Crippen LogP contribution in [0.25, 0.3) is 0 Å². The molecule has 37 N–H and O–H groups in total. The summed E-state index contributed by atoms with van der Waals surface area (Å²) in [6, 6.07) is 0.